The maximum atomic E-state index is 12.3. The number of piperidine rings is 1. The van der Waals surface area contributed by atoms with Crippen LogP contribution in [0.5, 0.6) is 0 Å². The largest absolute Gasteiger partial charge is 0.355 e. The number of hydrazine groups is 1. The van der Waals surface area contributed by atoms with Crippen LogP contribution in [0.15, 0.2) is 0 Å². The maximum absolute atomic E-state index is 12.3. The number of piperazine rings is 1. The highest BCUT2D eigenvalue weighted by Crippen LogP contribution is 2.25. The molecule has 0 aromatic heterocycles. The molecular formula is C15H30N4O. The first kappa shape index (κ1) is 15.7. The molecule has 0 aromatic rings. The van der Waals surface area contributed by atoms with E-state index in [1.165, 1.54) is 6.42 Å². The minimum atomic E-state index is 0.0250. The zero-order chi connectivity index (χ0) is 14.7. The number of hydrogen-bond acceptors (Lipinski definition) is 4. The molecule has 0 aliphatic carbocycles. The summed E-state index contributed by atoms with van der Waals surface area (Å²) < 4.78 is 0. The molecule has 3 atom stereocenters. The van der Waals surface area contributed by atoms with Crippen molar-refractivity contribution in [3.05, 3.63) is 0 Å². The van der Waals surface area contributed by atoms with Crippen molar-refractivity contribution in [3.8, 4) is 0 Å². The molecule has 20 heavy (non-hydrogen) atoms. The van der Waals surface area contributed by atoms with E-state index in [1.807, 2.05) is 6.92 Å². The monoisotopic (exact) mass is 282 g/mol. The number of rotatable bonds is 3. The van der Waals surface area contributed by atoms with E-state index in [-0.39, 0.29) is 11.9 Å². The molecule has 0 bridgehead atoms. The fourth-order valence-corrected chi connectivity index (χ4v) is 3.84. The first-order chi connectivity index (χ1) is 9.54. The van der Waals surface area contributed by atoms with Crippen molar-refractivity contribution in [1.82, 2.24) is 20.2 Å². The highest BCUT2D eigenvalue weighted by Gasteiger charge is 2.38. The number of hydrogen-bond donors (Lipinski definition) is 1. The SMILES string of the molecule is CCNC(=O)C1CCCCN1N1[C@H](C)CN(C)C[C@@H]1C. The van der Waals surface area contributed by atoms with Crippen molar-refractivity contribution in [1.29, 1.82) is 0 Å². The number of carbonyl (C=O) groups is 1. The van der Waals surface area contributed by atoms with Crippen LogP contribution in [0.4, 0.5) is 0 Å². The molecule has 0 saturated carbocycles. The summed E-state index contributed by atoms with van der Waals surface area (Å²) in [6, 6.07) is 0.967. The van der Waals surface area contributed by atoms with Gasteiger partial charge >= 0.3 is 0 Å². The summed E-state index contributed by atoms with van der Waals surface area (Å²) in [5.41, 5.74) is 0. The normalized spacial score (nSPS) is 34.1. The van der Waals surface area contributed by atoms with Crippen molar-refractivity contribution in [2.75, 3.05) is 33.2 Å². The Labute approximate surface area is 123 Å². The summed E-state index contributed by atoms with van der Waals surface area (Å²) >= 11 is 0. The molecule has 0 aromatic carbocycles. The van der Waals surface area contributed by atoms with E-state index in [0.717, 1.165) is 39.0 Å². The molecule has 0 spiro atoms. The third-order valence-corrected chi connectivity index (χ3v) is 4.48. The molecule has 5 nitrogen and oxygen atoms in total. The lowest BCUT2D eigenvalue weighted by Gasteiger charge is -2.52. The molecule has 1 amide bonds. The van der Waals surface area contributed by atoms with Gasteiger partial charge in [-0.2, -0.15) is 0 Å². The van der Waals surface area contributed by atoms with E-state index < -0.39 is 0 Å². The Morgan fingerprint density at radius 3 is 2.45 bits per heavy atom. The minimum Gasteiger partial charge on any atom is -0.355 e. The topological polar surface area (TPSA) is 38.8 Å². The lowest BCUT2D eigenvalue weighted by molar-refractivity contribution is -0.165. The molecule has 5 heteroatoms. The van der Waals surface area contributed by atoms with Gasteiger partial charge < -0.3 is 10.2 Å². The molecule has 2 saturated heterocycles. The van der Waals surface area contributed by atoms with Crippen molar-refractivity contribution in [2.45, 2.75) is 58.2 Å². The van der Waals surface area contributed by atoms with Crippen LogP contribution in [0.1, 0.15) is 40.0 Å². The zero-order valence-corrected chi connectivity index (χ0v) is 13.4. The summed E-state index contributed by atoms with van der Waals surface area (Å²) in [6.07, 6.45) is 3.34. The van der Waals surface area contributed by atoms with Gasteiger partial charge in [0.1, 0.15) is 6.04 Å². The minimum absolute atomic E-state index is 0.0250. The summed E-state index contributed by atoms with van der Waals surface area (Å²) in [5, 5.41) is 7.83. The van der Waals surface area contributed by atoms with Crippen LogP contribution in [0, 0.1) is 0 Å². The second kappa shape index (κ2) is 6.87. The molecule has 2 fully saturated rings. The van der Waals surface area contributed by atoms with Crippen molar-refractivity contribution >= 4 is 5.91 Å². The lowest BCUT2D eigenvalue weighted by atomic mass is 10.0. The Kier molecular flexibility index (Phi) is 5.41. The van der Waals surface area contributed by atoms with E-state index in [9.17, 15) is 4.79 Å². The van der Waals surface area contributed by atoms with Gasteiger partial charge in [0, 0.05) is 38.3 Å². The molecule has 1 unspecified atom stereocenters. The molecule has 2 rings (SSSR count). The average molecular weight is 282 g/mol. The van der Waals surface area contributed by atoms with Crippen LogP contribution in [0.3, 0.4) is 0 Å². The zero-order valence-electron chi connectivity index (χ0n) is 13.4. The van der Waals surface area contributed by atoms with Gasteiger partial charge in [-0.05, 0) is 47.1 Å². The summed E-state index contributed by atoms with van der Waals surface area (Å²) in [7, 11) is 2.18. The number of amides is 1. The van der Waals surface area contributed by atoms with Gasteiger partial charge in [0.15, 0.2) is 0 Å². The summed E-state index contributed by atoms with van der Waals surface area (Å²) in [5.74, 6) is 0.200. The Balaban J connectivity index is 2.12. The van der Waals surface area contributed by atoms with E-state index in [1.54, 1.807) is 0 Å². The summed E-state index contributed by atoms with van der Waals surface area (Å²) in [4.78, 5) is 14.7. The fourth-order valence-electron chi connectivity index (χ4n) is 3.84. The maximum Gasteiger partial charge on any atom is 0.238 e. The Hall–Kier alpha value is -0.650. The second-order valence-corrected chi connectivity index (χ2v) is 6.37. The highest BCUT2D eigenvalue weighted by atomic mass is 16.2. The van der Waals surface area contributed by atoms with Gasteiger partial charge in [-0.15, -0.1) is 0 Å². The Morgan fingerprint density at radius 2 is 1.85 bits per heavy atom. The Morgan fingerprint density at radius 1 is 1.20 bits per heavy atom. The third-order valence-electron chi connectivity index (χ3n) is 4.48. The second-order valence-electron chi connectivity index (χ2n) is 6.37. The van der Waals surface area contributed by atoms with Crippen LogP contribution in [-0.2, 0) is 4.79 Å². The molecular weight excluding hydrogens is 252 g/mol. The Bertz CT molecular complexity index is 324. The lowest BCUT2D eigenvalue weighted by Crippen LogP contribution is -2.66. The average Bonchev–Trinajstić information content (AvgIpc) is 2.38. The van der Waals surface area contributed by atoms with Crippen LogP contribution in [-0.4, -0.2) is 72.2 Å². The smallest absolute Gasteiger partial charge is 0.238 e. The molecule has 1 N–H and O–H groups in total. The van der Waals surface area contributed by atoms with Gasteiger partial charge in [-0.1, -0.05) is 0 Å². The first-order valence-electron chi connectivity index (χ1n) is 8.05. The number of carbonyl (C=O) groups excluding carboxylic acids is 1. The standard InChI is InChI=1S/C15H30N4O/c1-5-16-15(20)14-8-6-7-9-18(14)19-12(2)10-17(4)11-13(19)3/h12-14H,5-11H2,1-4H3,(H,16,20)/t12-,13+,14?. The van der Waals surface area contributed by atoms with Crippen LogP contribution in [0.25, 0.3) is 0 Å². The van der Waals surface area contributed by atoms with E-state index in [2.05, 4.69) is 41.1 Å². The fraction of sp³-hybridized carbons (Fsp3) is 0.933. The number of likely N-dealkylation sites (N-methyl/N-ethyl adjacent to an activating group) is 2. The highest BCUT2D eigenvalue weighted by molar-refractivity contribution is 5.81. The van der Waals surface area contributed by atoms with Gasteiger partial charge in [0.05, 0.1) is 0 Å². The van der Waals surface area contributed by atoms with Gasteiger partial charge in [-0.25, -0.2) is 10.0 Å². The van der Waals surface area contributed by atoms with E-state index in [0.29, 0.717) is 12.1 Å². The first-order valence-corrected chi connectivity index (χ1v) is 8.05. The molecule has 2 heterocycles. The molecule has 2 aliphatic rings. The van der Waals surface area contributed by atoms with Crippen molar-refractivity contribution in [3.63, 3.8) is 0 Å². The van der Waals surface area contributed by atoms with Crippen molar-refractivity contribution in [2.24, 2.45) is 0 Å². The molecule has 0 radical (unpaired) electrons. The molecule has 116 valence electrons. The number of nitrogens with one attached hydrogen (secondary N) is 1. The predicted octanol–water partition coefficient (Wildman–Crippen LogP) is 0.916. The van der Waals surface area contributed by atoms with E-state index >= 15 is 0 Å². The third kappa shape index (κ3) is 3.32. The van der Waals surface area contributed by atoms with Gasteiger partial charge in [-0.3, -0.25) is 4.79 Å². The molecule has 2 aliphatic heterocycles. The van der Waals surface area contributed by atoms with E-state index in [4.69, 9.17) is 0 Å². The quantitative estimate of drug-likeness (QED) is 0.835. The van der Waals surface area contributed by atoms with Crippen LogP contribution >= 0.6 is 0 Å². The predicted molar refractivity (Wildman–Crippen MR) is 81.3 cm³/mol. The van der Waals surface area contributed by atoms with Gasteiger partial charge in [0.2, 0.25) is 5.91 Å². The van der Waals surface area contributed by atoms with Crippen LogP contribution < -0.4 is 5.32 Å². The van der Waals surface area contributed by atoms with Crippen LogP contribution in [0.2, 0.25) is 0 Å². The summed E-state index contributed by atoms with van der Waals surface area (Å²) in [6.45, 7) is 10.4. The van der Waals surface area contributed by atoms with Gasteiger partial charge in [0.25, 0.3) is 0 Å². The number of nitrogens with zero attached hydrogens (tertiary/aromatic N) is 3. The van der Waals surface area contributed by atoms with Crippen molar-refractivity contribution < 1.29 is 4.79 Å².